The van der Waals surface area contributed by atoms with Crippen molar-refractivity contribution in [1.29, 1.82) is 0 Å². The quantitative estimate of drug-likeness (QED) is 0.855. The van der Waals surface area contributed by atoms with Gasteiger partial charge in [-0.3, -0.25) is 14.9 Å². The zero-order valence-corrected chi connectivity index (χ0v) is 11.1. The van der Waals surface area contributed by atoms with Crippen LogP contribution in [-0.2, 0) is 6.42 Å². The Morgan fingerprint density at radius 2 is 1.84 bits per heavy atom. The zero-order chi connectivity index (χ0) is 13.5. The molecule has 0 aliphatic carbocycles. The summed E-state index contributed by atoms with van der Waals surface area (Å²) in [5, 5.41) is 9.55. The number of nitrogens with zero attached hydrogens (tertiary/aromatic N) is 3. The summed E-state index contributed by atoms with van der Waals surface area (Å²) in [6, 6.07) is 11.6. The molecule has 0 aromatic carbocycles. The summed E-state index contributed by atoms with van der Waals surface area (Å²) in [6.07, 6.45) is 4.42. The van der Waals surface area contributed by atoms with Crippen LogP contribution in [0.5, 0.6) is 0 Å². The van der Waals surface area contributed by atoms with Crippen LogP contribution >= 0.6 is 0 Å². The van der Waals surface area contributed by atoms with Gasteiger partial charge >= 0.3 is 0 Å². The number of aromatic nitrogens is 2. The molecule has 0 aliphatic heterocycles. The van der Waals surface area contributed by atoms with Crippen molar-refractivity contribution in [2.24, 2.45) is 0 Å². The third kappa shape index (κ3) is 3.84. The zero-order valence-electron chi connectivity index (χ0n) is 11.1. The van der Waals surface area contributed by atoms with Crippen LogP contribution in [0.25, 0.3) is 0 Å². The molecule has 1 N–H and O–H groups in total. The number of likely N-dealkylation sites (N-methyl/N-ethyl adjacent to an activating group) is 1. The summed E-state index contributed by atoms with van der Waals surface area (Å²) in [6.45, 7) is 0.897. The smallest absolute Gasteiger partial charge is 0.0752 e. The highest BCUT2D eigenvalue weighted by atomic mass is 16.3. The van der Waals surface area contributed by atoms with Crippen molar-refractivity contribution in [3.63, 3.8) is 0 Å². The number of aliphatic hydroxyl groups excluding tert-OH is 1. The highest BCUT2D eigenvalue weighted by Crippen LogP contribution is 2.16. The van der Waals surface area contributed by atoms with Crippen molar-refractivity contribution in [3.8, 4) is 0 Å². The van der Waals surface area contributed by atoms with E-state index in [1.54, 1.807) is 12.4 Å². The largest absolute Gasteiger partial charge is 0.394 e. The van der Waals surface area contributed by atoms with E-state index in [0.29, 0.717) is 0 Å². The lowest BCUT2D eigenvalue weighted by Crippen LogP contribution is -2.30. The Balaban J connectivity index is 1.96. The monoisotopic (exact) mass is 257 g/mol. The number of hydrogen-bond acceptors (Lipinski definition) is 4. The van der Waals surface area contributed by atoms with Gasteiger partial charge < -0.3 is 5.11 Å². The standard InChI is InChI=1S/C15H19N3O/c1-18(11-8-13-6-2-4-9-16-13)15(12-19)14-7-3-5-10-17-14/h2-7,9-10,15,19H,8,11-12H2,1H3. The highest BCUT2D eigenvalue weighted by molar-refractivity contribution is 5.09. The van der Waals surface area contributed by atoms with E-state index in [1.807, 2.05) is 43.4 Å². The topological polar surface area (TPSA) is 49.2 Å². The van der Waals surface area contributed by atoms with E-state index >= 15 is 0 Å². The first-order valence-corrected chi connectivity index (χ1v) is 6.43. The van der Waals surface area contributed by atoms with E-state index in [0.717, 1.165) is 24.4 Å². The molecule has 0 saturated heterocycles. The Labute approximate surface area is 113 Å². The van der Waals surface area contributed by atoms with E-state index in [1.165, 1.54) is 0 Å². The average molecular weight is 257 g/mol. The van der Waals surface area contributed by atoms with Gasteiger partial charge in [-0.2, -0.15) is 0 Å². The minimum Gasteiger partial charge on any atom is -0.394 e. The highest BCUT2D eigenvalue weighted by Gasteiger charge is 2.16. The van der Waals surface area contributed by atoms with Gasteiger partial charge in [-0.15, -0.1) is 0 Å². The fourth-order valence-electron chi connectivity index (χ4n) is 2.02. The van der Waals surface area contributed by atoms with Crippen molar-refractivity contribution >= 4 is 0 Å². The molecule has 0 amide bonds. The van der Waals surface area contributed by atoms with E-state index in [4.69, 9.17) is 0 Å². The Hall–Kier alpha value is -1.78. The molecule has 1 atom stereocenters. The maximum atomic E-state index is 9.55. The number of rotatable bonds is 6. The molecule has 0 fully saturated rings. The van der Waals surface area contributed by atoms with Gasteiger partial charge in [0.15, 0.2) is 0 Å². The van der Waals surface area contributed by atoms with Crippen molar-refractivity contribution in [3.05, 3.63) is 60.2 Å². The van der Waals surface area contributed by atoms with E-state index in [9.17, 15) is 5.11 Å². The molecule has 0 bridgehead atoms. The minimum atomic E-state index is -0.0649. The second-order valence-electron chi connectivity index (χ2n) is 4.50. The lowest BCUT2D eigenvalue weighted by molar-refractivity contribution is 0.146. The average Bonchev–Trinajstić information content (AvgIpc) is 2.48. The molecule has 0 radical (unpaired) electrons. The minimum absolute atomic E-state index is 0.0649. The van der Waals surface area contributed by atoms with Crippen molar-refractivity contribution in [1.82, 2.24) is 14.9 Å². The van der Waals surface area contributed by atoms with Crippen molar-refractivity contribution < 1.29 is 5.11 Å². The number of aliphatic hydroxyl groups is 1. The van der Waals surface area contributed by atoms with Crippen LogP contribution in [0.3, 0.4) is 0 Å². The third-order valence-electron chi connectivity index (χ3n) is 3.18. The molecule has 2 aromatic rings. The lowest BCUT2D eigenvalue weighted by atomic mass is 10.1. The predicted molar refractivity (Wildman–Crippen MR) is 74.6 cm³/mol. The molecule has 0 saturated carbocycles. The van der Waals surface area contributed by atoms with E-state index in [2.05, 4.69) is 14.9 Å². The number of hydrogen-bond donors (Lipinski definition) is 1. The molecule has 0 aliphatic rings. The third-order valence-corrected chi connectivity index (χ3v) is 3.18. The Kier molecular flexibility index (Phi) is 5.01. The Bertz CT molecular complexity index is 475. The molecule has 1 unspecified atom stereocenters. The lowest BCUT2D eigenvalue weighted by Gasteiger charge is -2.25. The Morgan fingerprint density at radius 1 is 1.11 bits per heavy atom. The molecule has 100 valence electrons. The van der Waals surface area contributed by atoms with Gasteiger partial charge in [-0.1, -0.05) is 12.1 Å². The van der Waals surface area contributed by atoms with Gasteiger partial charge in [0.2, 0.25) is 0 Å². The molecular formula is C15H19N3O. The molecule has 4 heteroatoms. The summed E-state index contributed by atoms with van der Waals surface area (Å²) >= 11 is 0. The van der Waals surface area contributed by atoms with E-state index < -0.39 is 0 Å². The summed E-state index contributed by atoms with van der Waals surface area (Å²) in [5.74, 6) is 0. The molecule has 4 nitrogen and oxygen atoms in total. The van der Waals surface area contributed by atoms with Gasteiger partial charge in [0.25, 0.3) is 0 Å². The molecule has 0 spiro atoms. The molecule has 19 heavy (non-hydrogen) atoms. The summed E-state index contributed by atoms with van der Waals surface area (Å²) in [4.78, 5) is 10.7. The van der Waals surface area contributed by atoms with Gasteiger partial charge in [-0.25, -0.2) is 0 Å². The van der Waals surface area contributed by atoms with Crippen molar-refractivity contribution in [2.75, 3.05) is 20.2 Å². The molecule has 2 heterocycles. The second kappa shape index (κ2) is 6.97. The van der Waals surface area contributed by atoms with Crippen LogP contribution in [0.1, 0.15) is 17.4 Å². The normalized spacial score (nSPS) is 12.6. The van der Waals surface area contributed by atoms with Crippen LogP contribution in [0.2, 0.25) is 0 Å². The van der Waals surface area contributed by atoms with Gasteiger partial charge in [0.05, 0.1) is 18.3 Å². The van der Waals surface area contributed by atoms with Gasteiger partial charge in [0.1, 0.15) is 0 Å². The summed E-state index contributed by atoms with van der Waals surface area (Å²) in [5.41, 5.74) is 1.96. The van der Waals surface area contributed by atoms with Crippen LogP contribution in [0, 0.1) is 0 Å². The summed E-state index contributed by atoms with van der Waals surface area (Å²) < 4.78 is 0. The van der Waals surface area contributed by atoms with Crippen molar-refractivity contribution in [2.45, 2.75) is 12.5 Å². The second-order valence-corrected chi connectivity index (χ2v) is 4.50. The van der Waals surface area contributed by atoms with Crippen LogP contribution in [0.15, 0.2) is 48.8 Å². The van der Waals surface area contributed by atoms with Crippen LogP contribution in [-0.4, -0.2) is 40.2 Å². The number of pyridine rings is 2. The van der Waals surface area contributed by atoms with Gasteiger partial charge in [-0.05, 0) is 31.3 Å². The molecular weight excluding hydrogens is 238 g/mol. The first-order valence-electron chi connectivity index (χ1n) is 6.43. The maximum absolute atomic E-state index is 9.55. The summed E-state index contributed by atoms with van der Waals surface area (Å²) in [7, 11) is 2.00. The molecule has 2 rings (SSSR count). The predicted octanol–water partition coefficient (Wildman–Crippen LogP) is 1.68. The SMILES string of the molecule is CN(CCc1ccccn1)C(CO)c1ccccn1. The van der Waals surface area contributed by atoms with Crippen LogP contribution < -0.4 is 0 Å². The fraction of sp³-hybridized carbons (Fsp3) is 0.333. The van der Waals surface area contributed by atoms with Crippen LogP contribution in [0.4, 0.5) is 0 Å². The van der Waals surface area contributed by atoms with Gasteiger partial charge in [0, 0.05) is 31.1 Å². The fourth-order valence-corrected chi connectivity index (χ4v) is 2.02. The first kappa shape index (κ1) is 13.6. The Morgan fingerprint density at radius 3 is 2.42 bits per heavy atom. The first-order chi connectivity index (χ1) is 9.31. The maximum Gasteiger partial charge on any atom is 0.0752 e. The van der Waals surface area contributed by atoms with E-state index in [-0.39, 0.29) is 12.6 Å². The molecule has 2 aromatic heterocycles.